The van der Waals surface area contributed by atoms with Gasteiger partial charge < -0.3 is 50.0 Å². The minimum Gasteiger partial charge on any atom is -0.394 e. The number of hydrogen-bond acceptors (Lipinski definition) is 10. The van der Waals surface area contributed by atoms with Gasteiger partial charge in [0.05, 0.1) is 30.5 Å². The quantitative estimate of drug-likeness (QED) is 0.128. The lowest BCUT2D eigenvalue weighted by Crippen LogP contribution is -2.70. The highest BCUT2D eigenvalue weighted by Crippen LogP contribution is 2.76. The van der Waals surface area contributed by atoms with Crippen molar-refractivity contribution in [3.05, 3.63) is 11.6 Å². The topological polar surface area (TPSA) is 173 Å². The molecular formula is C36H60O10. The van der Waals surface area contributed by atoms with Crippen LogP contribution in [0.25, 0.3) is 0 Å². The maximum Gasteiger partial charge on any atom is 0.186 e. The van der Waals surface area contributed by atoms with Crippen molar-refractivity contribution in [2.75, 3.05) is 6.61 Å². The molecule has 2 aliphatic heterocycles. The van der Waals surface area contributed by atoms with Crippen LogP contribution in [0, 0.1) is 45.3 Å². The summed E-state index contributed by atoms with van der Waals surface area (Å²) in [4.78, 5) is 0. The van der Waals surface area contributed by atoms with Crippen LogP contribution in [0.4, 0.5) is 0 Å². The first-order chi connectivity index (χ1) is 21.2. The second-order valence-corrected chi connectivity index (χ2v) is 17.8. The number of hydrogen-bond donors (Lipinski definition) is 7. The van der Waals surface area contributed by atoms with E-state index in [9.17, 15) is 35.7 Å². The van der Waals surface area contributed by atoms with Crippen molar-refractivity contribution in [3.8, 4) is 0 Å². The van der Waals surface area contributed by atoms with Crippen molar-refractivity contribution >= 4 is 0 Å². The summed E-state index contributed by atoms with van der Waals surface area (Å²) in [6, 6.07) is 0. The van der Waals surface area contributed by atoms with E-state index in [1.54, 1.807) is 0 Å². The van der Waals surface area contributed by atoms with Gasteiger partial charge in [0, 0.05) is 0 Å². The molecule has 2 saturated heterocycles. The van der Waals surface area contributed by atoms with Gasteiger partial charge in [-0.25, -0.2) is 0 Å². The van der Waals surface area contributed by atoms with E-state index in [0.717, 1.165) is 24.8 Å². The average molecular weight is 653 g/mol. The molecule has 46 heavy (non-hydrogen) atoms. The molecule has 0 radical (unpaired) electrons. The van der Waals surface area contributed by atoms with Gasteiger partial charge in [-0.15, -0.1) is 0 Å². The fourth-order valence-corrected chi connectivity index (χ4v) is 12.1. The number of allylic oxidation sites excluding steroid dienone is 1. The molecular weight excluding hydrogens is 592 g/mol. The molecule has 2 heterocycles. The zero-order chi connectivity index (χ0) is 33.9. The van der Waals surface area contributed by atoms with E-state index >= 15 is 0 Å². The standard InChI is InChI=1S/C36H60O10/c1-17(13-20(39)30-33(4,5)46-30)18-9-12-35(7)25(18)19(38)14-23-34(6)11-10-24(40)32(2,3)29(34)21(15-36(23,35)8)44-31-28(43)27(42)26(41)22(16-37)45-31/h13,18-31,37-43H,9-12,14-16H2,1-8H3/b17-13+. The monoisotopic (exact) mass is 652 g/mol. The molecule has 0 bridgehead atoms. The largest absolute Gasteiger partial charge is 0.394 e. The van der Waals surface area contributed by atoms with Crippen LogP contribution >= 0.6 is 0 Å². The molecule has 10 heteroatoms. The fourth-order valence-electron chi connectivity index (χ4n) is 12.1. The summed E-state index contributed by atoms with van der Waals surface area (Å²) in [5, 5.41) is 76.3. The molecule has 0 aromatic carbocycles. The number of aliphatic hydroxyl groups is 7. The van der Waals surface area contributed by atoms with Crippen LogP contribution in [-0.4, -0.2) is 109 Å². The molecule has 0 amide bonds. The minimum absolute atomic E-state index is 0.0272. The van der Waals surface area contributed by atoms with Gasteiger partial charge >= 0.3 is 0 Å². The Morgan fingerprint density at radius 3 is 2.17 bits per heavy atom. The predicted octanol–water partition coefficient (Wildman–Crippen LogP) is 2.28. The summed E-state index contributed by atoms with van der Waals surface area (Å²) in [5.74, 6) is 0.0595. The second kappa shape index (κ2) is 11.4. The van der Waals surface area contributed by atoms with Crippen molar-refractivity contribution in [2.45, 2.75) is 161 Å². The molecule has 10 nitrogen and oxygen atoms in total. The Labute approximate surface area is 274 Å². The Kier molecular flexibility index (Phi) is 8.74. The normalized spacial score (nSPS) is 55.2. The number of epoxide rings is 1. The van der Waals surface area contributed by atoms with Gasteiger partial charge in [0.1, 0.15) is 36.6 Å². The summed E-state index contributed by atoms with van der Waals surface area (Å²) in [6.45, 7) is 16.6. The maximum absolute atomic E-state index is 12.1. The summed E-state index contributed by atoms with van der Waals surface area (Å²) >= 11 is 0. The van der Waals surface area contributed by atoms with Crippen molar-refractivity contribution < 1.29 is 50.0 Å². The van der Waals surface area contributed by atoms with E-state index in [2.05, 4.69) is 41.5 Å². The van der Waals surface area contributed by atoms with Crippen LogP contribution in [0.15, 0.2) is 11.6 Å². The zero-order valence-corrected chi connectivity index (χ0v) is 29.0. The average Bonchev–Trinajstić information content (AvgIpc) is 3.45. The number of rotatable bonds is 6. The van der Waals surface area contributed by atoms with Crippen molar-refractivity contribution in [3.63, 3.8) is 0 Å². The summed E-state index contributed by atoms with van der Waals surface area (Å²) in [7, 11) is 0. The molecule has 0 spiro atoms. The lowest BCUT2D eigenvalue weighted by atomic mass is 9.34. The molecule has 6 aliphatic rings. The van der Waals surface area contributed by atoms with Gasteiger partial charge in [0.2, 0.25) is 0 Å². The van der Waals surface area contributed by atoms with E-state index in [4.69, 9.17) is 14.2 Å². The van der Waals surface area contributed by atoms with Crippen LogP contribution < -0.4 is 0 Å². The molecule has 4 aliphatic carbocycles. The summed E-state index contributed by atoms with van der Waals surface area (Å²) < 4.78 is 18.3. The Hall–Kier alpha value is -0.660. The molecule has 0 aromatic heterocycles. The van der Waals surface area contributed by atoms with Crippen LogP contribution in [0.5, 0.6) is 0 Å². The molecule has 264 valence electrons. The molecule has 17 atom stereocenters. The van der Waals surface area contributed by atoms with Gasteiger partial charge in [-0.05, 0) is 105 Å². The molecule has 4 saturated carbocycles. The SMILES string of the molecule is C/C(=C\C(O)C1OC1(C)C)C1CCC2(C)C1C(O)CC1C3(C)CCC(O)C(C)(C)C3C(OC3OC(CO)C(O)C(O)C3O)CC12C. The van der Waals surface area contributed by atoms with Crippen molar-refractivity contribution in [1.29, 1.82) is 0 Å². The van der Waals surface area contributed by atoms with Gasteiger partial charge in [-0.1, -0.05) is 46.3 Å². The molecule has 17 unspecified atom stereocenters. The van der Waals surface area contributed by atoms with Crippen LogP contribution in [-0.2, 0) is 14.2 Å². The Morgan fingerprint density at radius 2 is 1.57 bits per heavy atom. The Balaban J connectivity index is 1.37. The minimum atomic E-state index is -1.54. The molecule has 6 rings (SSSR count). The van der Waals surface area contributed by atoms with Crippen LogP contribution in [0.1, 0.15) is 93.9 Å². The van der Waals surface area contributed by atoms with E-state index in [0.29, 0.717) is 19.3 Å². The highest BCUT2D eigenvalue weighted by molar-refractivity contribution is 5.25. The Morgan fingerprint density at radius 1 is 0.913 bits per heavy atom. The van der Waals surface area contributed by atoms with Crippen LogP contribution in [0.3, 0.4) is 0 Å². The van der Waals surface area contributed by atoms with E-state index < -0.39 is 67.1 Å². The molecule has 0 aromatic rings. The van der Waals surface area contributed by atoms with Gasteiger partial charge in [0.25, 0.3) is 0 Å². The van der Waals surface area contributed by atoms with Gasteiger partial charge in [0.15, 0.2) is 6.29 Å². The predicted molar refractivity (Wildman–Crippen MR) is 169 cm³/mol. The highest BCUT2D eigenvalue weighted by atomic mass is 16.7. The lowest BCUT2D eigenvalue weighted by molar-refractivity contribution is -0.346. The smallest absolute Gasteiger partial charge is 0.186 e. The highest BCUT2D eigenvalue weighted by Gasteiger charge is 2.73. The number of aliphatic hydroxyl groups excluding tert-OH is 7. The molecule has 6 fully saturated rings. The fraction of sp³-hybridized carbons (Fsp3) is 0.944. The van der Waals surface area contributed by atoms with Crippen LogP contribution in [0.2, 0.25) is 0 Å². The maximum atomic E-state index is 12.1. The van der Waals surface area contributed by atoms with Crippen molar-refractivity contribution in [2.24, 2.45) is 45.3 Å². The van der Waals surface area contributed by atoms with Gasteiger partial charge in [-0.3, -0.25) is 0 Å². The van der Waals surface area contributed by atoms with E-state index in [-0.39, 0.29) is 51.6 Å². The number of fused-ring (bicyclic) bond motifs is 5. The third-order valence-corrected chi connectivity index (χ3v) is 14.8. The summed E-state index contributed by atoms with van der Waals surface area (Å²) in [5.41, 5.74) is -0.698. The van der Waals surface area contributed by atoms with E-state index in [1.807, 2.05) is 19.9 Å². The Bertz CT molecular complexity index is 1190. The molecule has 7 N–H and O–H groups in total. The van der Waals surface area contributed by atoms with E-state index in [1.165, 1.54) is 0 Å². The first kappa shape index (κ1) is 35.2. The lowest BCUT2D eigenvalue weighted by Gasteiger charge is -2.72. The second-order valence-electron chi connectivity index (χ2n) is 17.8. The first-order valence-corrected chi connectivity index (χ1v) is 17.6. The number of ether oxygens (including phenoxy) is 3. The van der Waals surface area contributed by atoms with Crippen molar-refractivity contribution in [1.82, 2.24) is 0 Å². The summed E-state index contributed by atoms with van der Waals surface area (Å²) in [6.07, 6.45) is -3.02. The zero-order valence-electron chi connectivity index (χ0n) is 29.0. The third kappa shape index (κ3) is 5.03. The third-order valence-electron chi connectivity index (χ3n) is 14.8. The van der Waals surface area contributed by atoms with Gasteiger partial charge in [-0.2, -0.15) is 0 Å². The first-order valence-electron chi connectivity index (χ1n) is 17.6.